The molecular weight excluding hydrogens is 245 g/mol. The predicted molar refractivity (Wildman–Crippen MR) is 40.1 cm³/mol. The maximum Gasteiger partial charge on any atom is 0.382 e. The Kier molecular flexibility index (Phi) is 4.43. The smallest absolute Gasteiger partial charge is 0.311 e. The van der Waals surface area contributed by atoms with Gasteiger partial charge in [-0.05, 0) is 6.92 Å². The Bertz CT molecular complexity index is 151. The van der Waals surface area contributed by atoms with Crippen LogP contribution < -0.4 is 0 Å². The first-order valence-corrected chi connectivity index (χ1v) is 4.01. The largest absolute Gasteiger partial charge is 0.382 e. The molecule has 0 fully saturated rings. The van der Waals surface area contributed by atoms with E-state index >= 15 is 0 Å². The summed E-state index contributed by atoms with van der Waals surface area (Å²) in [7, 11) is 0. The van der Waals surface area contributed by atoms with E-state index in [1.54, 1.807) is 0 Å². The number of ketones is 1. The minimum atomic E-state index is -3.51. The van der Waals surface area contributed by atoms with Crippen molar-refractivity contribution in [3.8, 4) is 0 Å². The van der Waals surface area contributed by atoms with Crippen LogP contribution in [0.2, 0.25) is 0 Å². The van der Waals surface area contributed by atoms with Crippen LogP contribution >= 0.6 is 27.5 Å². The Balaban J connectivity index is 3.82. The molecule has 6 heteroatoms. The summed E-state index contributed by atoms with van der Waals surface area (Å²) in [4.78, 5) is 10.2. The van der Waals surface area contributed by atoms with Gasteiger partial charge in [0.05, 0.1) is 0 Å². The SMILES string of the molecule is CC(=O)COC(F)(F)C(Cl)Br. The molecular formula is C5H6BrClF2O2. The summed E-state index contributed by atoms with van der Waals surface area (Å²) < 4.78 is 27.0. The molecule has 0 rings (SSSR count). The Labute approximate surface area is 76.0 Å². The van der Waals surface area contributed by atoms with E-state index in [2.05, 4.69) is 20.7 Å². The van der Waals surface area contributed by atoms with Gasteiger partial charge in [-0.2, -0.15) is 8.78 Å². The zero-order chi connectivity index (χ0) is 9.07. The van der Waals surface area contributed by atoms with Crippen molar-refractivity contribution in [1.82, 2.24) is 0 Å². The number of hydrogen-bond donors (Lipinski definition) is 0. The van der Waals surface area contributed by atoms with Gasteiger partial charge in [0.25, 0.3) is 0 Å². The average molecular weight is 251 g/mol. The van der Waals surface area contributed by atoms with Crippen LogP contribution in [0.3, 0.4) is 0 Å². The molecule has 0 bridgehead atoms. The van der Waals surface area contributed by atoms with E-state index < -0.39 is 22.8 Å². The van der Waals surface area contributed by atoms with E-state index in [4.69, 9.17) is 11.6 Å². The average Bonchev–Trinajstić information content (AvgIpc) is 1.84. The van der Waals surface area contributed by atoms with Gasteiger partial charge in [0, 0.05) is 0 Å². The van der Waals surface area contributed by atoms with Gasteiger partial charge in [-0.15, -0.1) is 11.6 Å². The first-order chi connectivity index (χ1) is 4.86. The van der Waals surface area contributed by atoms with E-state index in [1.807, 2.05) is 0 Å². The lowest BCUT2D eigenvalue weighted by molar-refractivity contribution is -0.223. The molecule has 0 aromatic rings. The lowest BCUT2D eigenvalue weighted by Crippen LogP contribution is -2.30. The molecule has 0 aliphatic rings. The highest BCUT2D eigenvalue weighted by Crippen LogP contribution is 2.28. The summed E-state index contributed by atoms with van der Waals surface area (Å²) in [6.45, 7) is 0.509. The highest BCUT2D eigenvalue weighted by atomic mass is 79.9. The molecule has 0 radical (unpaired) electrons. The third kappa shape index (κ3) is 4.66. The number of Topliss-reactive ketones (excluding diaryl/α,β-unsaturated/α-hetero) is 1. The van der Waals surface area contributed by atoms with E-state index in [9.17, 15) is 13.6 Å². The molecule has 0 N–H and O–H groups in total. The number of halogens is 4. The number of carbonyl (C=O) groups is 1. The molecule has 0 aliphatic carbocycles. The topological polar surface area (TPSA) is 26.3 Å². The maximum atomic E-state index is 12.4. The molecule has 0 heterocycles. The van der Waals surface area contributed by atoms with Crippen LogP contribution in [0.25, 0.3) is 0 Å². The van der Waals surface area contributed by atoms with Gasteiger partial charge >= 0.3 is 6.11 Å². The minimum absolute atomic E-state index is 0.477. The first kappa shape index (κ1) is 11.3. The number of ether oxygens (including phenoxy) is 1. The predicted octanol–water partition coefficient (Wildman–Crippen LogP) is 2.14. The number of hydrogen-bond acceptors (Lipinski definition) is 2. The molecule has 2 nitrogen and oxygen atoms in total. The lowest BCUT2D eigenvalue weighted by atomic mass is 10.5. The van der Waals surface area contributed by atoms with Gasteiger partial charge < -0.3 is 4.74 Å². The van der Waals surface area contributed by atoms with Crippen LogP contribution in [0, 0.1) is 0 Å². The van der Waals surface area contributed by atoms with Crippen molar-refractivity contribution >= 4 is 33.3 Å². The summed E-state index contributed by atoms with van der Waals surface area (Å²) in [5.74, 6) is -0.477. The van der Waals surface area contributed by atoms with Crippen LogP contribution in [0.15, 0.2) is 0 Å². The van der Waals surface area contributed by atoms with Gasteiger partial charge in [0.2, 0.25) is 0 Å². The van der Waals surface area contributed by atoms with Gasteiger partial charge in [0.15, 0.2) is 10.1 Å². The van der Waals surface area contributed by atoms with Gasteiger partial charge in [-0.1, -0.05) is 15.9 Å². The van der Waals surface area contributed by atoms with Gasteiger partial charge in [0.1, 0.15) is 6.61 Å². The molecule has 1 unspecified atom stereocenters. The molecule has 11 heavy (non-hydrogen) atoms. The van der Waals surface area contributed by atoms with E-state index in [-0.39, 0.29) is 0 Å². The monoisotopic (exact) mass is 250 g/mol. The van der Waals surface area contributed by atoms with Crippen molar-refractivity contribution in [2.75, 3.05) is 6.61 Å². The molecule has 0 aromatic carbocycles. The second kappa shape index (κ2) is 4.33. The van der Waals surface area contributed by atoms with Crippen molar-refractivity contribution in [1.29, 1.82) is 0 Å². The van der Waals surface area contributed by atoms with Gasteiger partial charge in [-0.25, -0.2) is 0 Å². The fraction of sp³-hybridized carbons (Fsp3) is 0.800. The minimum Gasteiger partial charge on any atom is -0.311 e. The van der Waals surface area contributed by atoms with Crippen LogP contribution in [-0.2, 0) is 9.53 Å². The molecule has 0 aliphatic heterocycles. The normalized spacial score (nSPS) is 14.6. The molecule has 1 atom stereocenters. The second-order valence-corrected chi connectivity index (χ2v) is 3.73. The molecule has 66 valence electrons. The lowest BCUT2D eigenvalue weighted by Gasteiger charge is -2.16. The summed E-state index contributed by atoms with van der Waals surface area (Å²) in [5, 5.41) is 0. The summed E-state index contributed by atoms with van der Waals surface area (Å²) >= 11 is 7.41. The van der Waals surface area contributed by atoms with Crippen LogP contribution in [0.4, 0.5) is 8.78 Å². The molecule has 0 aromatic heterocycles. The Hall–Kier alpha value is 0.260. The third-order valence-corrected chi connectivity index (χ3v) is 1.51. The number of alkyl halides is 4. The Morgan fingerprint density at radius 1 is 1.82 bits per heavy atom. The number of rotatable bonds is 4. The summed E-state index contributed by atoms with van der Waals surface area (Å²) in [5.41, 5.74) is 0. The van der Waals surface area contributed by atoms with E-state index in [0.29, 0.717) is 0 Å². The van der Waals surface area contributed by atoms with Crippen molar-refractivity contribution < 1.29 is 18.3 Å². The van der Waals surface area contributed by atoms with Gasteiger partial charge in [-0.3, -0.25) is 4.79 Å². The highest BCUT2D eigenvalue weighted by molar-refractivity contribution is 9.10. The second-order valence-electron chi connectivity index (χ2n) is 1.85. The van der Waals surface area contributed by atoms with E-state index in [1.165, 1.54) is 0 Å². The zero-order valence-corrected chi connectivity index (χ0v) is 7.95. The standard InChI is InChI=1S/C5H6BrClF2O2/c1-3(10)2-11-5(8,9)4(6)7/h4H,2H2,1H3. The summed E-state index contributed by atoms with van der Waals surface area (Å²) in [6, 6.07) is 0. The summed E-state index contributed by atoms with van der Waals surface area (Å²) in [6.07, 6.45) is -3.51. The number of carbonyl (C=O) groups excluding carboxylic acids is 1. The van der Waals surface area contributed by atoms with Crippen molar-refractivity contribution in [2.45, 2.75) is 17.3 Å². The molecule has 0 spiro atoms. The fourth-order valence-electron chi connectivity index (χ4n) is 0.261. The quantitative estimate of drug-likeness (QED) is 0.716. The highest BCUT2D eigenvalue weighted by Gasteiger charge is 2.38. The molecule has 0 saturated carbocycles. The molecule has 0 amide bonds. The van der Waals surface area contributed by atoms with Crippen molar-refractivity contribution in [2.24, 2.45) is 0 Å². The molecule has 0 saturated heterocycles. The third-order valence-electron chi connectivity index (χ3n) is 0.722. The first-order valence-electron chi connectivity index (χ1n) is 2.65. The zero-order valence-electron chi connectivity index (χ0n) is 5.61. The van der Waals surface area contributed by atoms with Crippen molar-refractivity contribution in [3.63, 3.8) is 0 Å². The Morgan fingerprint density at radius 2 is 2.27 bits per heavy atom. The van der Waals surface area contributed by atoms with Crippen LogP contribution in [-0.4, -0.2) is 22.8 Å². The van der Waals surface area contributed by atoms with Crippen LogP contribution in [0.1, 0.15) is 6.92 Å². The van der Waals surface area contributed by atoms with E-state index in [0.717, 1.165) is 6.92 Å². The van der Waals surface area contributed by atoms with Crippen LogP contribution in [0.5, 0.6) is 0 Å². The van der Waals surface area contributed by atoms with Crippen molar-refractivity contribution in [3.05, 3.63) is 0 Å². The maximum absolute atomic E-state index is 12.4. The fourth-order valence-corrected chi connectivity index (χ4v) is 0.456. The Morgan fingerprint density at radius 3 is 2.55 bits per heavy atom.